The molecule has 0 aliphatic carbocycles. The Morgan fingerprint density at radius 3 is 2.52 bits per heavy atom. The summed E-state index contributed by atoms with van der Waals surface area (Å²) in [5, 5.41) is 3.30. The van der Waals surface area contributed by atoms with E-state index in [2.05, 4.69) is 10.3 Å². The average Bonchev–Trinajstić information content (AvgIpc) is 3.27. The Balaban J connectivity index is 1.90. The van der Waals surface area contributed by atoms with Crippen molar-refractivity contribution in [3.8, 4) is 10.6 Å². The van der Waals surface area contributed by atoms with Crippen LogP contribution in [-0.2, 0) is 6.54 Å². The van der Waals surface area contributed by atoms with Crippen LogP contribution in [0.15, 0.2) is 48.8 Å². The number of carbonyl (C=O) groups excluding carboxylic acids is 2. The Morgan fingerprint density at radius 1 is 1.06 bits per heavy atom. The standard InChI is InChI=1S/C23H27N5O2S/c1-16(29)20-9-10-21(31-20)19-8-7-18(23(30)28(4)13-12-27(2)3)22(26-19)25-15-17-6-5-11-24-14-17/h5-11,14H,12-13,15H2,1-4H3,(H,25,26). The first kappa shape index (κ1) is 22.6. The molecule has 3 heterocycles. The monoisotopic (exact) mass is 437 g/mol. The number of anilines is 1. The van der Waals surface area contributed by atoms with Crippen molar-refractivity contribution in [2.24, 2.45) is 0 Å². The molecule has 0 aliphatic rings. The van der Waals surface area contributed by atoms with Crippen molar-refractivity contribution in [3.05, 3.63) is 64.8 Å². The zero-order valence-corrected chi connectivity index (χ0v) is 19.1. The van der Waals surface area contributed by atoms with Crippen LogP contribution >= 0.6 is 11.3 Å². The smallest absolute Gasteiger partial charge is 0.257 e. The number of Topliss-reactive ketones (excluding diaryl/α,β-unsaturated/α-hetero) is 1. The third-order valence-electron chi connectivity index (χ3n) is 4.74. The molecule has 0 aromatic carbocycles. The van der Waals surface area contributed by atoms with Gasteiger partial charge in [0.05, 0.1) is 21.0 Å². The quantitative estimate of drug-likeness (QED) is 0.515. The van der Waals surface area contributed by atoms with Crippen LogP contribution in [0.5, 0.6) is 0 Å². The van der Waals surface area contributed by atoms with Crippen molar-refractivity contribution in [3.63, 3.8) is 0 Å². The van der Waals surface area contributed by atoms with Gasteiger partial charge < -0.3 is 15.1 Å². The van der Waals surface area contributed by atoms with E-state index in [1.54, 1.807) is 43.4 Å². The van der Waals surface area contributed by atoms with Crippen LogP contribution in [0.3, 0.4) is 0 Å². The van der Waals surface area contributed by atoms with Crippen molar-refractivity contribution in [1.29, 1.82) is 0 Å². The molecule has 0 unspecified atom stereocenters. The fraction of sp³-hybridized carbons (Fsp3) is 0.304. The molecule has 0 spiro atoms. The number of rotatable bonds is 9. The highest BCUT2D eigenvalue weighted by molar-refractivity contribution is 7.17. The lowest BCUT2D eigenvalue weighted by Gasteiger charge is -2.21. The van der Waals surface area contributed by atoms with Crippen molar-refractivity contribution in [1.82, 2.24) is 19.8 Å². The predicted molar refractivity (Wildman–Crippen MR) is 125 cm³/mol. The molecule has 1 N–H and O–H groups in total. The average molecular weight is 438 g/mol. The highest BCUT2D eigenvalue weighted by Crippen LogP contribution is 2.29. The number of likely N-dealkylation sites (N-methyl/N-ethyl adjacent to an activating group) is 2. The van der Waals surface area contributed by atoms with Gasteiger partial charge in [-0.1, -0.05) is 6.07 Å². The maximum atomic E-state index is 13.1. The normalized spacial score (nSPS) is 10.9. The lowest BCUT2D eigenvalue weighted by atomic mass is 10.1. The highest BCUT2D eigenvalue weighted by Gasteiger charge is 2.19. The summed E-state index contributed by atoms with van der Waals surface area (Å²) >= 11 is 1.40. The van der Waals surface area contributed by atoms with E-state index in [9.17, 15) is 9.59 Å². The summed E-state index contributed by atoms with van der Waals surface area (Å²) < 4.78 is 0. The number of carbonyl (C=O) groups is 2. The van der Waals surface area contributed by atoms with E-state index in [0.717, 1.165) is 22.7 Å². The molecule has 7 nitrogen and oxygen atoms in total. The van der Waals surface area contributed by atoms with Gasteiger partial charge >= 0.3 is 0 Å². The number of hydrogen-bond donors (Lipinski definition) is 1. The number of nitrogens with one attached hydrogen (secondary N) is 1. The van der Waals surface area contributed by atoms with Gasteiger partial charge in [0, 0.05) is 39.1 Å². The third-order valence-corrected chi connectivity index (χ3v) is 5.95. The summed E-state index contributed by atoms with van der Waals surface area (Å²) in [6, 6.07) is 11.2. The zero-order valence-electron chi connectivity index (χ0n) is 18.3. The van der Waals surface area contributed by atoms with Gasteiger partial charge in [0.2, 0.25) is 0 Å². The second kappa shape index (κ2) is 10.3. The molecule has 0 saturated carbocycles. The van der Waals surface area contributed by atoms with Crippen molar-refractivity contribution < 1.29 is 9.59 Å². The van der Waals surface area contributed by atoms with Crippen molar-refractivity contribution in [2.45, 2.75) is 13.5 Å². The van der Waals surface area contributed by atoms with Crippen LogP contribution in [0.2, 0.25) is 0 Å². The van der Waals surface area contributed by atoms with Crippen LogP contribution in [0.25, 0.3) is 10.6 Å². The molecule has 3 rings (SSSR count). The number of pyridine rings is 2. The fourth-order valence-corrected chi connectivity index (χ4v) is 3.79. The van der Waals surface area contributed by atoms with Gasteiger partial charge in [-0.25, -0.2) is 4.98 Å². The zero-order chi connectivity index (χ0) is 22.4. The SMILES string of the molecule is CC(=O)c1ccc(-c2ccc(C(=O)N(C)CCN(C)C)c(NCc3cccnc3)n2)s1. The number of nitrogens with zero attached hydrogens (tertiary/aromatic N) is 4. The van der Waals surface area contributed by atoms with Gasteiger partial charge in [-0.2, -0.15) is 0 Å². The molecular weight excluding hydrogens is 410 g/mol. The second-order valence-corrected chi connectivity index (χ2v) is 8.64. The minimum Gasteiger partial charge on any atom is -0.365 e. The maximum Gasteiger partial charge on any atom is 0.257 e. The topological polar surface area (TPSA) is 78.4 Å². The Bertz CT molecular complexity index is 1050. The molecule has 8 heteroatoms. The Hall–Kier alpha value is -3.10. The number of hydrogen-bond acceptors (Lipinski definition) is 7. The first-order valence-corrected chi connectivity index (χ1v) is 10.8. The molecule has 0 saturated heterocycles. The second-order valence-electron chi connectivity index (χ2n) is 7.56. The van der Waals surface area contributed by atoms with Gasteiger partial charge in [-0.05, 0) is 56.9 Å². The Labute approximate surface area is 186 Å². The van der Waals surface area contributed by atoms with E-state index in [4.69, 9.17) is 4.98 Å². The highest BCUT2D eigenvalue weighted by atomic mass is 32.1. The number of ketones is 1. The molecule has 31 heavy (non-hydrogen) atoms. The Morgan fingerprint density at radius 2 is 1.87 bits per heavy atom. The molecular formula is C23H27N5O2S. The van der Waals surface area contributed by atoms with Gasteiger partial charge in [0.15, 0.2) is 5.78 Å². The third kappa shape index (κ3) is 5.96. The van der Waals surface area contributed by atoms with Crippen molar-refractivity contribution in [2.75, 3.05) is 39.5 Å². The van der Waals surface area contributed by atoms with E-state index >= 15 is 0 Å². The van der Waals surface area contributed by atoms with E-state index < -0.39 is 0 Å². The van der Waals surface area contributed by atoms with Gasteiger partial charge in [0.25, 0.3) is 5.91 Å². The summed E-state index contributed by atoms with van der Waals surface area (Å²) in [6.07, 6.45) is 3.50. The van der Waals surface area contributed by atoms with Gasteiger partial charge in [-0.3, -0.25) is 14.6 Å². The number of amides is 1. The molecule has 162 valence electrons. The first-order chi connectivity index (χ1) is 14.8. The number of thiophene rings is 1. The number of aromatic nitrogens is 2. The van der Waals surface area contributed by atoms with Gasteiger partial charge in [-0.15, -0.1) is 11.3 Å². The molecule has 1 amide bonds. The molecule has 0 atom stereocenters. The van der Waals surface area contributed by atoms with Crippen LogP contribution in [0, 0.1) is 0 Å². The van der Waals surface area contributed by atoms with E-state index in [1.807, 2.05) is 43.3 Å². The molecule has 3 aromatic heterocycles. The summed E-state index contributed by atoms with van der Waals surface area (Å²) in [6.45, 7) is 3.43. The Kier molecular flexibility index (Phi) is 7.49. The summed E-state index contributed by atoms with van der Waals surface area (Å²) in [4.78, 5) is 38.9. The first-order valence-electron chi connectivity index (χ1n) is 10.0. The molecule has 3 aromatic rings. The molecule has 0 radical (unpaired) electrons. The largest absolute Gasteiger partial charge is 0.365 e. The maximum absolute atomic E-state index is 13.1. The lowest BCUT2D eigenvalue weighted by molar-refractivity contribution is 0.0786. The lowest BCUT2D eigenvalue weighted by Crippen LogP contribution is -2.34. The summed E-state index contributed by atoms with van der Waals surface area (Å²) in [7, 11) is 5.75. The minimum absolute atomic E-state index is 0.0282. The molecule has 0 aliphatic heterocycles. The van der Waals surface area contributed by atoms with Gasteiger partial charge in [0.1, 0.15) is 5.82 Å². The van der Waals surface area contributed by atoms with E-state index in [-0.39, 0.29) is 11.7 Å². The summed E-state index contributed by atoms with van der Waals surface area (Å²) in [5.41, 5.74) is 2.22. The van der Waals surface area contributed by atoms with E-state index in [1.165, 1.54) is 11.3 Å². The summed E-state index contributed by atoms with van der Waals surface area (Å²) in [5.74, 6) is 0.450. The van der Waals surface area contributed by atoms with Crippen LogP contribution in [0.4, 0.5) is 5.82 Å². The van der Waals surface area contributed by atoms with Crippen LogP contribution < -0.4 is 5.32 Å². The predicted octanol–water partition coefficient (Wildman–Crippen LogP) is 3.65. The minimum atomic E-state index is -0.0924. The molecule has 0 bridgehead atoms. The molecule has 0 fully saturated rings. The van der Waals surface area contributed by atoms with Crippen molar-refractivity contribution >= 4 is 28.8 Å². The van der Waals surface area contributed by atoms with Crippen LogP contribution in [-0.4, -0.2) is 65.7 Å². The van der Waals surface area contributed by atoms with Crippen LogP contribution in [0.1, 0.15) is 32.5 Å². The van der Waals surface area contributed by atoms with E-state index in [0.29, 0.717) is 29.3 Å². The fourth-order valence-electron chi connectivity index (χ4n) is 2.91.